The van der Waals surface area contributed by atoms with Crippen LogP contribution in [0.4, 0.5) is 8.78 Å². The number of methoxy groups -OCH3 is 2. The van der Waals surface area contributed by atoms with Gasteiger partial charge < -0.3 is 19.4 Å². The maximum atomic E-state index is 13.9. The van der Waals surface area contributed by atoms with E-state index in [1.54, 1.807) is 25.2 Å². The van der Waals surface area contributed by atoms with Crippen molar-refractivity contribution in [2.24, 2.45) is 0 Å². The highest BCUT2D eigenvalue weighted by Crippen LogP contribution is 2.44. The molecule has 5 nitrogen and oxygen atoms in total. The van der Waals surface area contributed by atoms with Gasteiger partial charge >= 0.3 is 0 Å². The summed E-state index contributed by atoms with van der Waals surface area (Å²) < 4.78 is 38.6. The smallest absolute Gasteiger partial charge is 0.254 e. The molecule has 0 fully saturated rings. The summed E-state index contributed by atoms with van der Waals surface area (Å²) in [5, 5.41) is 1.10. The largest absolute Gasteiger partial charge is 0.493 e. The van der Waals surface area contributed by atoms with Crippen molar-refractivity contribution >= 4 is 16.8 Å². The number of para-hydroxylation sites is 2. The zero-order valence-electron chi connectivity index (χ0n) is 18.2. The Kier molecular flexibility index (Phi) is 5.24. The van der Waals surface area contributed by atoms with E-state index in [1.807, 2.05) is 30.3 Å². The molecule has 1 unspecified atom stereocenters. The molecule has 4 aromatic rings. The highest BCUT2D eigenvalue weighted by Gasteiger charge is 2.37. The van der Waals surface area contributed by atoms with Crippen molar-refractivity contribution in [3.63, 3.8) is 0 Å². The van der Waals surface area contributed by atoms with E-state index in [0.717, 1.165) is 39.9 Å². The Balaban J connectivity index is 1.71. The first kappa shape index (κ1) is 21.0. The molecule has 2 heterocycles. The third kappa shape index (κ3) is 3.40. The van der Waals surface area contributed by atoms with Crippen LogP contribution in [-0.2, 0) is 6.42 Å². The van der Waals surface area contributed by atoms with E-state index in [0.29, 0.717) is 24.5 Å². The molecule has 0 radical (unpaired) electrons. The van der Waals surface area contributed by atoms with Gasteiger partial charge in [0.15, 0.2) is 23.1 Å². The molecule has 33 heavy (non-hydrogen) atoms. The Labute approximate surface area is 189 Å². The van der Waals surface area contributed by atoms with E-state index in [4.69, 9.17) is 9.47 Å². The fourth-order valence-electron chi connectivity index (χ4n) is 4.71. The minimum absolute atomic E-state index is 0.0836. The van der Waals surface area contributed by atoms with Crippen LogP contribution in [0.25, 0.3) is 10.9 Å². The van der Waals surface area contributed by atoms with Gasteiger partial charge in [-0.25, -0.2) is 8.78 Å². The Morgan fingerprint density at radius 2 is 1.82 bits per heavy atom. The summed E-state index contributed by atoms with van der Waals surface area (Å²) in [5.41, 5.74) is 3.77. The lowest BCUT2D eigenvalue weighted by molar-refractivity contribution is 0.0689. The van der Waals surface area contributed by atoms with Crippen molar-refractivity contribution in [2.45, 2.75) is 12.5 Å². The number of amides is 1. The minimum Gasteiger partial charge on any atom is -0.493 e. The summed E-state index contributed by atoms with van der Waals surface area (Å²) in [5.74, 6) is -1.39. The molecular formula is C26H22F2N2O3. The fraction of sp³-hybridized carbons (Fsp3) is 0.192. The zero-order chi connectivity index (χ0) is 23.1. The first-order valence-corrected chi connectivity index (χ1v) is 10.6. The molecule has 1 N–H and O–H groups in total. The first-order valence-electron chi connectivity index (χ1n) is 10.6. The third-order valence-electron chi connectivity index (χ3n) is 6.19. The second-order valence-corrected chi connectivity index (χ2v) is 7.93. The number of fused-ring (bicyclic) bond motifs is 3. The Hall–Kier alpha value is -3.87. The standard InChI is InChI=1S/C26H22F2N2O3/c1-32-22-9-5-7-18(25(22)33-2)24-23-17(16-6-3-4-8-21(16)29-23)12-13-30(24)26(31)15-10-11-19(27)20(28)14-15/h3-11,14,24,29H,12-13H2,1-2H3. The van der Waals surface area contributed by atoms with Gasteiger partial charge in [-0.05, 0) is 42.3 Å². The summed E-state index contributed by atoms with van der Waals surface area (Å²) in [6.07, 6.45) is 0.623. The van der Waals surface area contributed by atoms with Gasteiger partial charge in [0, 0.05) is 34.3 Å². The predicted molar refractivity (Wildman–Crippen MR) is 121 cm³/mol. The molecule has 1 aromatic heterocycles. The maximum absolute atomic E-state index is 13.9. The van der Waals surface area contributed by atoms with Crippen LogP contribution >= 0.6 is 0 Å². The monoisotopic (exact) mass is 448 g/mol. The molecule has 7 heteroatoms. The maximum Gasteiger partial charge on any atom is 0.254 e. The van der Waals surface area contributed by atoms with Gasteiger partial charge in [-0.15, -0.1) is 0 Å². The lowest BCUT2D eigenvalue weighted by Crippen LogP contribution is -2.40. The number of carbonyl (C=O) groups excluding carboxylic acids is 1. The molecule has 0 aliphatic carbocycles. The lowest BCUT2D eigenvalue weighted by Gasteiger charge is -2.37. The normalized spacial score (nSPS) is 15.4. The number of hydrogen-bond donors (Lipinski definition) is 1. The number of ether oxygens (including phenoxy) is 2. The Morgan fingerprint density at radius 3 is 2.58 bits per heavy atom. The van der Waals surface area contributed by atoms with Crippen LogP contribution in [0.3, 0.4) is 0 Å². The molecule has 0 saturated heterocycles. The van der Waals surface area contributed by atoms with E-state index in [-0.39, 0.29) is 5.56 Å². The van der Waals surface area contributed by atoms with E-state index >= 15 is 0 Å². The van der Waals surface area contributed by atoms with Gasteiger partial charge in [0.05, 0.1) is 14.2 Å². The highest BCUT2D eigenvalue weighted by molar-refractivity contribution is 5.95. The number of H-pyrrole nitrogens is 1. The minimum atomic E-state index is -1.06. The molecule has 168 valence electrons. The second-order valence-electron chi connectivity index (χ2n) is 7.93. The topological polar surface area (TPSA) is 54.6 Å². The second kappa shape index (κ2) is 8.24. The molecule has 0 saturated carbocycles. The highest BCUT2D eigenvalue weighted by atomic mass is 19.2. The lowest BCUT2D eigenvalue weighted by atomic mass is 9.91. The molecule has 0 bridgehead atoms. The Morgan fingerprint density at radius 1 is 1.00 bits per heavy atom. The number of carbonyl (C=O) groups is 1. The number of aromatic amines is 1. The fourth-order valence-corrected chi connectivity index (χ4v) is 4.71. The summed E-state index contributed by atoms with van der Waals surface area (Å²) in [4.78, 5) is 18.7. The van der Waals surface area contributed by atoms with Crippen LogP contribution in [-0.4, -0.2) is 36.6 Å². The van der Waals surface area contributed by atoms with Crippen molar-refractivity contribution in [3.05, 3.63) is 94.7 Å². The van der Waals surface area contributed by atoms with Crippen molar-refractivity contribution in [1.29, 1.82) is 0 Å². The van der Waals surface area contributed by atoms with Crippen LogP contribution in [0.2, 0.25) is 0 Å². The average molecular weight is 448 g/mol. The van der Waals surface area contributed by atoms with Crippen LogP contribution in [0.5, 0.6) is 11.5 Å². The number of nitrogens with zero attached hydrogens (tertiary/aromatic N) is 1. The molecule has 3 aromatic carbocycles. The zero-order valence-corrected chi connectivity index (χ0v) is 18.2. The summed E-state index contributed by atoms with van der Waals surface area (Å²) in [7, 11) is 3.11. The van der Waals surface area contributed by atoms with Gasteiger partial charge in [0.25, 0.3) is 5.91 Å². The molecular weight excluding hydrogens is 426 g/mol. The first-order chi connectivity index (χ1) is 16.0. The van der Waals surface area contributed by atoms with Crippen LogP contribution in [0.15, 0.2) is 60.7 Å². The van der Waals surface area contributed by atoms with E-state index in [9.17, 15) is 13.6 Å². The van der Waals surface area contributed by atoms with Crippen LogP contribution in [0.1, 0.15) is 33.2 Å². The van der Waals surface area contributed by atoms with Gasteiger partial charge in [-0.2, -0.15) is 0 Å². The van der Waals surface area contributed by atoms with Gasteiger partial charge in [0.2, 0.25) is 0 Å². The molecule has 1 amide bonds. The molecule has 1 aliphatic heterocycles. The third-order valence-corrected chi connectivity index (χ3v) is 6.19. The van der Waals surface area contributed by atoms with Crippen molar-refractivity contribution < 1.29 is 23.0 Å². The number of rotatable bonds is 4. The quantitative estimate of drug-likeness (QED) is 0.464. The number of halogens is 2. The van der Waals surface area contributed by atoms with E-state index in [2.05, 4.69) is 11.1 Å². The van der Waals surface area contributed by atoms with Gasteiger partial charge in [-0.1, -0.05) is 30.3 Å². The van der Waals surface area contributed by atoms with Crippen molar-refractivity contribution in [3.8, 4) is 11.5 Å². The van der Waals surface area contributed by atoms with Gasteiger partial charge in [0.1, 0.15) is 6.04 Å². The van der Waals surface area contributed by atoms with Crippen molar-refractivity contribution in [2.75, 3.05) is 20.8 Å². The van der Waals surface area contributed by atoms with Gasteiger partial charge in [-0.3, -0.25) is 4.79 Å². The number of hydrogen-bond acceptors (Lipinski definition) is 3. The van der Waals surface area contributed by atoms with Crippen molar-refractivity contribution in [1.82, 2.24) is 9.88 Å². The van der Waals surface area contributed by atoms with E-state index < -0.39 is 23.6 Å². The molecule has 1 atom stereocenters. The number of nitrogens with one attached hydrogen (secondary N) is 1. The van der Waals surface area contributed by atoms with Crippen LogP contribution < -0.4 is 9.47 Å². The molecule has 0 spiro atoms. The molecule has 1 aliphatic rings. The summed E-state index contributed by atoms with van der Waals surface area (Å²) in [6, 6.07) is 16.2. The Bertz CT molecular complexity index is 1370. The average Bonchev–Trinajstić information content (AvgIpc) is 3.22. The number of benzene rings is 3. The summed E-state index contributed by atoms with van der Waals surface area (Å²) in [6.45, 7) is 0.401. The number of aromatic nitrogens is 1. The summed E-state index contributed by atoms with van der Waals surface area (Å²) >= 11 is 0. The van der Waals surface area contributed by atoms with E-state index in [1.165, 1.54) is 6.07 Å². The molecule has 5 rings (SSSR count). The predicted octanol–water partition coefficient (Wildman–Crippen LogP) is 5.25. The van der Waals surface area contributed by atoms with Crippen LogP contribution in [0, 0.1) is 11.6 Å². The SMILES string of the molecule is COc1cccc(C2c3[nH]c4ccccc4c3CCN2C(=O)c2ccc(F)c(F)c2)c1OC.